The number of anilines is 1. The summed E-state index contributed by atoms with van der Waals surface area (Å²) in [6, 6.07) is 3.88. The zero-order valence-corrected chi connectivity index (χ0v) is 16.2. The predicted molar refractivity (Wildman–Crippen MR) is 102 cm³/mol. The van der Waals surface area contributed by atoms with Gasteiger partial charge in [0.25, 0.3) is 0 Å². The molecule has 1 aliphatic heterocycles. The van der Waals surface area contributed by atoms with Crippen LogP contribution in [0.5, 0.6) is 11.5 Å². The van der Waals surface area contributed by atoms with Crippen molar-refractivity contribution < 1.29 is 14.3 Å². The van der Waals surface area contributed by atoms with Crippen LogP contribution in [0.15, 0.2) is 17.3 Å². The summed E-state index contributed by atoms with van der Waals surface area (Å²) in [5.41, 5.74) is 0.522. The molecule has 2 saturated carbocycles. The lowest BCUT2D eigenvalue weighted by Gasteiger charge is -2.20. The van der Waals surface area contributed by atoms with E-state index in [4.69, 9.17) is 21.1 Å². The number of hydrogen-bond donors (Lipinski definition) is 1. The number of carbonyl (C=O) groups excluding carboxylic acids is 1. The molecule has 0 radical (unpaired) electrons. The molecule has 2 aliphatic carbocycles. The number of fused-ring (bicyclic) bond motifs is 1. The van der Waals surface area contributed by atoms with Crippen LogP contribution in [0.25, 0.3) is 0 Å². The van der Waals surface area contributed by atoms with Crippen LogP contribution >= 0.6 is 23.4 Å². The minimum Gasteiger partial charge on any atom is -0.486 e. The van der Waals surface area contributed by atoms with Gasteiger partial charge in [-0.25, -0.2) is 0 Å². The van der Waals surface area contributed by atoms with Crippen molar-refractivity contribution in [2.75, 3.05) is 24.3 Å². The summed E-state index contributed by atoms with van der Waals surface area (Å²) < 4.78 is 13.3. The molecule has 5 rings (SSSR count). The van der Waals surface area contributed by atoms with E-state index in [0.717, 1.165) is 11.0 Å². The van der Waals surface area contributed by atoms with Crippen LogP contribution in [-0.4, -0.2) is 39.6 Å². The Labute approximate surface area is 165 Å². The van der Waals surface area contributed by atoms with E-state index in [2.05, 4.69) is 20.1 Å². The maximum Gasteiger partial charge on any atom is 0.234 e. The molecule has 9 heteroatoms. The second-order valence-electron chi connectivity index (χ2n) is 7.03. The molecule has 3 aliphatic rings. The van der Waals surface area contributed by atoms with Gasteiger partial charge in [0.05, 0.1) is 16.5 Å². The van der Waals surface area contributed by atoms with Crippen LogP contribution in [0, 0.1) is 0 Å². The highest BCUT2D eigenvalue weighted by atomic mass is 35.5. The van der Waals surface area contributed by atoms with E-state index in [1.807, 2.05) is 0 Å². The zero-order valence-electron chi connectivity index (χ0n) is 14.6. The van der Waals surface area contributed by atoms with Crippen LogP contribution in [0.1, 0.15) is 43.5 Å². The van der Waals surface area contributed by atoms with E-state index in [0.29, 0.717) is 47.4 Å². The first kappa shape index (κ1) is 17.2. The molecule has 142 valence electrons. The van der Waals surface area contributed by atoms with E-state index >= 15 is 0 Å². The summed E-state index contributed by atoms with van der Waals surface area (Å²) in [7, 11) is 0. The highest BCUT2D eigenvalue weighted by Gasteiger charge is 2.36. The topological polar surface area (TPSA) is 78.3 Å². The Hall–Kier alpha value is -1.93. The number of hydrogen-bond acceptors (Lipinski definition) is 6. The average Bonchev–Trinajstić information content (AvgIpc) is 3.59. The van der Waals surface area contributed by atoms with E-state index in [9.17, 15) is 4.79 Å². The van der Waals surface area contributed by atoms with Gasteiger partial charge in [0, 0.05) is 24.1 Å². The maximum absolute atomic E-state index is 12.4. The summed E-state index contributed by atoms with van der Waals surface area (Å²) in [5, 5.41) is 12.8. The standard InChI is InChI=1S/C18H19ClN4O3S/c19-12-7-14-15(26-6-5-25-14)8-13(12)20-16(24)9-27-18-22-21-17(10-1-2-10)23(18)11-3-4-11/h7-8,10-11H,1-6,9H2,(H,20,24). The zero-order chi connectivity index (χ0) is 18.4. The number of aromatic nitrogens is 3. The number of halogens is 1. The van der Waals surface area contributed by atoms with E-state index < -0.39 is 0 Å². The Morgan fingerprint density at radius 3 is 2.63 bits per heavy atom. The smallest absolute Gasteiger partial charge is 0.234 e. The maximum atomic E-state index is 12.4. The second-order valence-corrected chi connectivity index (χ2v) is 8.38. The number of carbonyl (C=O) groups is 1. The molecule has 27 heavy (non-hydrogen) atoms. The van der Waals surface area contributed by atoms with E-state index in [1.54, 1.807) is 12.1 Å². The highest BCUT2D eigenvalue weighted by Crippen LogP contribution is 2.46. The molecule has 1 aromatic carbocycles. The number of nitrogens with one attached hydrogen (secondary N) is 1. The van der Waals surface area contributed by atoms with Crippen molar-refractivity contribution in [3.8, 4) is 11.5 Å². The third-order valence-electron chi connectivity index (χ3n) is 4.78. The lowest BCUT2D eigenvalue weighted by Crippen LogP contribution is -2.17. The van der Waals surface area contributed by atoms with Gasteiger partial charge in [-0.05, 0) is 25.7 Å². The molecule has 2 fully saturated rings. The highest BCUT2D eigenvalue weighted by molar-refractivity contribution is 7.99. The Morgan fingerprint density at radius 2 is 1.93 bits per heavy atom. The van der Waals surface area contributed by atoms with Crippen molar-refractivity contribution in [3.63, 3.8) is 0 Å². The number of thioether (sulfide) groups is 1. The number of nitrogens with zero attached hydrogens (tertiary/aromatic N) is 3. The Kier molecular flexibility index (Phi) is 4.40. The monoisotopic (exact) mass is 406 g/mol. The molecule has 0 atom stereocenters. The van der Waals surface area contributed by atoms with Gasteiger partial charge >= 0.3 is 0 Å². The van der Waals surface area contributed by atoms with Crippen LogP contribution in [0.4, 0.5) is 5.69 Å². The van der Waals surface area contributed by atoms with Crippen molar-refractivity contribution >= 4 is 35.0 Å². The van der Waals surface area contributed by atoms with Gasteiger partial charge in [0.2, 0.25) is 5.91 Å². The Balaban J connectivity index is 1.25. The molecule has 0 spiro atoms. The number of ether oxygens (including phenoxy) is 2. The van der Waals surface area contributed by atoms with Crippen molar-refractivity contribution in [1.82, 2.24) is 14.8 Å². The third kappa shape index (κ3) is 3.60. The quantitative estimate of drug-likeness (QED) is 0.738. The van der Waals surface area contributed by atoms with E-state index in [-0.39, 0.29) is 11.7 Å². The molecule has 0 bridgehead atoms. The summed E-state index contributed by atoms with van der Waals surface area (Å²) in [5.74, 6) is 2.95. The SMILES string of the molecule is O=C(CSc1nnc(C2CC2)n1C1CC1)Nc1cc2c(cc1Cl)OCCO2. The Morgan fingerprint density at radius 1 is 1.19 bits per heavy atom. The van der Waals surface area contributed by atoms with Crippen molar-refractivity contribution in [2.24, 2.45) is 0 Å². The van der Waals surface area contributed by atoms with Crippen LogP contribution in [0.3, 0.4) is 0 Å². The number of benzene rings is 1. The minimum atomic E-state index is -0.142. The van der Waals surface area contributed by atoms with Gasteiger partial charge < -0.3 is 19.4 Å². The van der Waals surface area contributed by atoms with Gasteiger partial charge in [-0.1, -0.05) is 23.4 Å². The van der Waals surface area contributed by atoms with Crippen molar-refractivity contribution in [2.45, 2.75) is 42.8 Å². The lowest BCUT2D eigenvalue weighted by molar-refractivity contribution is -0.113. The fraction of sp³-hybridized carbons (Fsp3) is 0.500. The first-order valence-electron chi connectivity index (χ1n) is 9.15. The van der Waals surface area contributed by atoms with Gasteiger partial charge in [0.15, 0.2) is 16.7 Å². The summed E-state index contributed by atoms with van der Waals surface area (Å²) in [4.78, 5) is 12.4. The fourth-order valence-corrected chi connectivity index (χ4v) is 4.17. The third-order valence-corrected chi connectivity index (χ3v) is 6.04. The molecule has 2 heterocycles. The molecular formula is C18H19ClN4O3S. The van der Waals surface area contributed by atoms with Gasteiger partial charge in [-0.2, -0.15) is 0 Å². The Bertz CT molecular complexity index is 895. The largest absolute Gasteiger partial charge is 0.486 e. The van der Waals surface area contributed by atoms with E-state index in [1.165, 1.54) is 37.4 Å². The minimum absolute atomic E-state index is 0.142. The first-order valence-corrected chi connectivity index (χ1v) is 10.5. The lowest BCUT2D eigenvalue weighted by atomic mass is 10.2. The molecule has 0 saturated heterocycles. The molecule has 1 N–H and O–H groups in total. The van der Waals surface area contributed by atoms with Crippen LogP contribution in [0.2, 0.25) is 5.02 Å². The normalized spacial score (nSPS) is 18.4. The summed E-state index contributed by atoms with van der Waals surface area (Å²) >= 11 is 7.68. The predicted octanol–water partition coefficient (Wildman–Crippen LogP) is 3.65. The summed E-state index contributed by atoms with van der Waals surface area (Å²) in [6.07, 6.45) is 4.73. The first-order chi connectivity index (χ1) is 13.2. The average molecular weight is 407 g/mol. The van der Waals surface area contributed by atoms with Gasteiger partial charge in [-0.15, -0.1) is 10.2 Å². The molecule has 7 nitrogen and oxygen atoms in total. The summed E-state index contributed by atoms with van der Waals surface area (Å²) in [6.45, 7) is 0.980. The second kappa shape index (κ2) is 6.91. The van der Waals surface area contributed by atoms with Gasteiger partial charge in [0.1, 0.15) is 19.0 Å². The molecule has 2 aromatic rings. The molecular weight excluding hydrogens is 388 g/mol. The molecule has 0 unspecified atom stereocenters. The van der Waals surface area contributed by atoms with Gasteiger partial charge in [-0.3, -0.25) is 4.79 Å². The van der Waals surface area contributed by atoms with Crippen molar-refractivity contribution in [3.05, 3.63) is 23.0 Å². The van der Waals surface area contributed by atoms with Crippen molar-refractivity contribution in [1.29, 1.82) is 0 Å². The van der Waals surface area contributed by atoms with Crippen LogP contribution < -0.4 is 14.8 Å². The fourth-order valence-electron chi connectivity index (χ4n) is 3.16. The number of amides is 1. The number of rotatable bonds is 6. The van der Waals surface area contributed by atoms with Crippen LogP contribution in [-0.2, 0) is 4.79 Å². The molecule has 1 aromatic heterocycles. The molecule has 1 amide bonds.